The van der Waals surface area contributed by atoms with Crippen molar-refractivity contribution in [1.82, 2.24) is 14.5 Å². The number of anilines is 2. The highest BCUT2D eigenvalue weighted by Crippen LogP contribution is 2.48. The standard InChI is InChI=1S/C28H29ClN4O4/c1-15(2)37-26(27(34)35)22-17(4)24-25-21(23(22)18-6-8-19(29)9-7-18)12-16(3)32(25)10-11-33(24)28-30-13-20(36-5)14-31-28/h6-9,12-15,26H,10-11H2,1-5H3,(H,34,35). The smallest absolute Gasteiger partial charge is 0.337 e. The molecule has 0 amide bonds. The Morgan fingerprint density at radius 2 is 1.78 bits per heavy atom. The molecule has 1 N–H and O–H groups in total. The summed E-state index contributed by atoms with van der Waals surface area (Å²) in [5.74, 6) is 0.0480. The third kappa shape index (κ3) is 4.30. The topological polar surface area (TPSA) is 89.7 Å². The molecule has 5 rings (SSSR count). The van der Waals surface area contributed by atoms with Gasteiger partial charge in [0.05, 0.1) is 36.8 Å². The van der Waals surface area contributed by atoms with Crippen molar-refractivity contribution in [3.05, 3.63) is 64.6 Å². The summed E-state index contributed by atoms with van der Waals surface area (Å²) in [6, 6.07) is 9.62. The van der Waals surface area contributed by atoms with Crippen molar-refractivity contribution in [1.29, 1.82) is 0 Å². The number of carboxylic acids is 1. The van der Waals surface area contributed by atoms with Crippen LogP contribution in [0.3, 0.4) is 0 Å². The van der Waals surface area contributed by atoms with E-state index in [1.807, 2.05) is 45.0 Å². The maximum absolute atomic E-state index is 12.7. The summed E-state index contributed by atoms with van der Waals surface area (Å²) < 4.78 is 13.6. The van der Waals surface area contributed by atoms with Crippen LogP contribution in [0.25, 0.3) is 22.0 Å². The number of halogens is 1. The van der Waals surface area contributed by atoms with E-state index < -0.39 is 12.1 Å². The maximum Gasteiger partial charge on any atom is 0.337 e. The Morgan fingerprint density at radius 3 is 2.38 bits per heavy atom. The summed E-state index contributed by atoms with van der Waals surface area (Å²) in [6.07, 6.45) is 1.81. The van der Waals surface area contributed by atoms with Gasteiger partial charge >= 0.3 is 5.97 Å². The number of aliphatic carboxylic acids is 1. The number of ether oxygens (including phenoxy) is 2. The van der Waals surface area contributed by atoms with Gasteiger partial charge in [0.25, 0.3) is 0 Å². The van der Waals surface area contributed by atoms with Crippen LogP contribution in [0.5, 0.6) is 5.75 Å². The summed E-state index contributed by atoms with van der Waals surface area (Å²) >= 11 is 6.21. The highest BCUT2D eigenvalue weighted by molar-refractivity contribution is 6.30. The van der Waals surface area contributed by atoms with Gasteiger partial charge < -0.3 is 24.0 Å². The van der Waals surface area contributed by atoms with Gasteiger partial charge in [-0.1, -0.05) is 23.7 Å². The monoisotopic (exact) mass is 520 g/mol. The van der Waals surface area contributed by atoms with Gasteiger partial charge in [-0.3, -0.25) is 0 Å². The molecular weight excluding hydrogens is 492 g/mol. The Labute approximate surface area is 220 Å². The zero-order valence-electron chi connectivity index (χ0n) is 21.4. The molecule has 1 atom stereocenters. The first-order valence-electron chi connectivity index (χ1n) is 12.1. The van der Waals surface area contributed by atoms with Crippen molar-refractivity contribution in [3.8, 4) is 16.9 Å². The number of aromatic nitrogens is 3. The van der Waals surface area contributed by atoms with Crippen LogP contribution in [-0.2, 0) is 16.1 Å². The first-order valence-corrected chi connectivity index (χ1v) is 12.5. The van der Waals surface area contributed by atoms with E-state index in [-0.39, 0.29) is 6.10 Å². The fourth-order valence-electron chi connectivity index (χ4n) is 5.22. The molecule has 4 aromatic rings. The van der Waals surface area contributed by atoms with Gasteiger partial charge in [0.15, 0.2) is 11.9 Å². The Morgan fingerprint density at radius 1 is 1.11 bits per heavy atom. The van der Waals surface area contributed by atoms with Gasteiger partial charge in [0.1, 0.15) is 0 Å². The predicted octanol–water partition coefficient (Wildman–Crippen LogP) is 6.08. The minimum Gasteiger partial charge on any atom is -0.494 e. The molecular formula is C28H29ClN4O4. The molecule has 8 nitrogen and oxygen atoms in total. The highest BCUT2D eigenvalue weighted by Gasteiger charge is 2.35. The van der Waals surface area contributed by atoms with Crippen molar-refractivity contribution in [2.45, 2.75) is 46.4 Å². The molecule has 0 fully saturated rings. The third-order valence-electron chi connectivity index (χ3n) is 6.76. The van der Waals surface area contributed by atoms with Gasteiger partial charge in [-0.15, -0.1) is 0 Å². The molecule has 1 unspecified atom stereocenters. The number of carboxylic acid groups (broad SMARTS) is 1. The average Bonchev–Trinajstić information content (AvgIpc) is 3.21. The summed E-state index contributed by atoms with van der Waals surface area (Å²) in [5.41, 5.74) is 6.12. The molecule has 0 radical (unpaired) electrons. The van der Waals surface area contributed by atoms with E-state index in [2.05, 4.69) is 32.4 Å². The van der Waals surface area contributed by atoms with Crippen molar-refractivity contribution in [2.75, 3.05) is 18.6 Å². The summed E-state index contributed by atoms with van der Waals surface area (Å²) in [4.78, 5) is 23.8. The number of hydrogen-bond acceptors (Lipinski definition) is 6. The fourth-order valence-corrected chi connectivity index (χ4v) is 5.35. The van der Waals surface area contributed by atoms with Gasteiger partial charge in [-0.2, -0.15) is 0 Å². The lowest BCUT2D eigenvalue weighted by molar-refractivity contribution is -0.153. The van der Waals surface area contributed by atoms with Crippen LogP contribution >= 0.6 is 11.6 Å². The minimum atomic E-state index is -1.17. The summed E-state index contributed by atoms with van der Waals surface area (Å²) in [7, 11) is 1.57. The second kappa shape index (κ2) is 9.68. The molecule has 2 aromatic carbocycles. The fraction of sp³-hybridized carbons (Fsp3) is 0.321. The molecule has 3 heterocycles. The second-order valence-corrected chi connectivity index (χ2v) is 9.88. The Kier molecular flexibility index (Phi) is 6.56. The molecule has 0 saturated carbocycles. The molecule has 192 valence electrons. The first kappa shape index (κ1) is 25.0. The summed E-state index contributed by atoms with van der Waals surface area (Å²) in [6.45, 7) is 9.08. The Bertz CT molecular complexity index is 1480. The van der Waals surface area contributed by atoms with Gasteiger partial charge in [0, 0.05) is 34.8 Å². The van der Waals surface area contributed by atoms with E-state index in [1.54, 1.807) is 19.5 Å². The zero-order valence-corrected chi connectivity index (χ0v) is 22.2. The second-order valence-electron chi connectivity index (χ2n) is 9.45. The van der Waals surface area contributed by atoms with E-state index in [0.717, 1.165) is 45.5 Å². The minimum absolute atomic E-state index is 0.294. The lowest BCUT2D eigenvalue weighted by atomic mass is 9.87. The molecule has 1 aliphatic rings. The number of methoxy groups -OCH3 is 1. The van der Waals surface area contributed by atoms with Crippen molar-refractivity contribution < 1.29 is 19.4 Å². The van der Waals surface area contributed by atoms with Crippen LogP contribution in [-0.4, -0.2) is 45.4 Å². The zero-order chi connectivity index (χ0) is 26.4. The van der Waals surface area contributed by atoms with E-state index in [0.29, 0.717) is 28.8 Å². The Hall–Kier alpha value is -3.62. The predicted molar refractivity (Wildman–Crippen MR) is 144 cm³/mol. The van der Waals surface area contributed by atoms with Crippen LogP contribution in [0.1, 0.15) is 36.8 Å². The molecule has 0 bridgehead atoms. The lowest BCUT2D eigenvalue weighted by Gasteiger charge is -2.34. The lowest BCUT2D eigenvalue weighted by Crippen LogP contribution is -2.31. The van der Waals surface area contributed by atoms with Crippen LogP contribution in [0.4, 0.5) is 11.6 Å². The van der Waals surface area contributed by atoms with Crippen LogP contribution in [0.15, 0.2) is 42.7 Å². The number of hydrogen-bond donors (Lipinski definition) is 1. The normalized spacial score (nSPS) is 13.9. The number of aryl methyl sites for hydroxylation is 1. The summed E-state index contributed by atoms with van der Waals surface area (Å²) in [5, 5.41) is 11.9. The quantitative estimate of drug-likeness (QED) is 0.316. The van der Waals surface area contributed by atoms with Crippen LogP contribution in [0, 0.1) is 13.8 Å². The molecule has 0 spiro atoms. The van der Waals surface area contributed by atoms with E-state index in [9.17, 15) is 9.90 Å². The molecule has 9 heteroatoms. The average molecular weight is 521 g/mol. The van der Waals surface area contributed by atoms with Crippen molar-refractivity contribution >= 4 is 40.1 Å². The molecule has 1 aliphatic heterocycles. The van der Waals surface area contributed by atoms with Crippen LogP contribution < -0.4 is 9.64 Å². The van der Waals surface area contributed by atoms with E-state index in [4.69, 9.17) is 21.1 Å². The number of rotatable bonds is 7. The number of carbonyl (C=O) groups is 1. The van der Waals surface area contributed by atoms with Crippen molar-refractivity contribution in [3.63, 3.8) is 0 Å². The highest BCUT2D eigenvalue weighted by atomic mass is 35.5. The number of nitrogens with zero attached hydrogens (tertiary/aromatic N) is 4. The van der Waals surface area contributed by atoms with E-state index in [1.165, 1.54) is 0 Å². The van der Waals surface area contributed by atoms with Crippen LogP contribution in [0.2, 0.25) is 5.02 Å². The van der Waals surface area contributed by atoms with Gasteiger partial charge in [-0.25, -0.2) is 14.8 Å². The van der Waals surface area contributed by atoms with E-state index >= 15 is 0 Å². The third-order valence-corrected chi connectivity index (χ3v) is 7.01. The van der Waals surface area contributed by atoms with Gasteiger partial charge in [0.2, 0.25) is 5.95 Å². The first-order chi connectivity index (χ1) is 17.7. The maximum atomic E-state index is 12.7. The number of benzene rings is 2. The molecule has 2 aromatic heterocycles. The molecule has 0 aliphatic carbocycles. The SMILES string of the molecule is COc1cnc(N2CCn3c(C)cc4c(-c5ccc(Cl)cc5)c(C(OC(C)C)C(=O)O)c(C)c2c43)nc1. The van der Waals surface area contributed by atoms with Crippen molar-refractivity contribution in [2.24, 2.45) is 0 Å². The Balaban J connectivity index is 1.87. The largest absolute Gasteiger partial charge is 0.494 e. The molecule has 37 heavy (non-hydrogen) atoms. The van der Waals surface area contributed by atoms with Gasteiger partial charge in [-0.05, 0) is 62.6 Å². The molecule has 0 saturated heterocycles.